The van der Waals surface area contributed by atoms with Crippen LogP contribution in [0.3, 0.4) is 0 Å². The number of anilines is 1. The van der Waals surface area contributed by atoms with Crippen molar-refractivity contribution in [3.63, 3.8) is 0 Å². The van der Waals surface area contributed by atoms with E-state index in [1.165, 1.54) is 6.20 Å². The third-order valence-electron chi connectivity index (χ3n) is 8.90. The Morgan fingerprint density at radius 1 is 1.15 bits per heavy atom. The third-order valence-corrected chi connectivity index (χ3v) is 12.5. The standard InChI is InChI=1S/C22H32ClN5O11P2/c23-20-26-17(25-15-11-1-10-2-12(15)5-21(31,3-10)4-11)13-6-24-28(18(13)27-20)19-16(30)22(32,8-29)14(39-19)7-38-41(36,37)9-40(33,34)35/h6,10-12,14-16,19,29-32H,1-5,7-9H2,(H,36,37)(H,25,26,27)(H2,33,34,35)/t10?,11-,12?,14-,15?,16+,19-,21?,22-/m1/s1. The molecule has 0 spiro atoms. The zero-order valence-corrected chi connectivity index (χ0v) is 24.1. The number of ether oxygens (including phenoxy) is 1. The molecule has 2 aromatic heterocycles. The first-order chi connectivity index (χ1) is 19.1. The largest absolute Gasteiger partial charge is 0.393 e. The van der Waals surface area contributed by atoms with Crippen molar-refractivity contribution < 1.29 is 53.5 Å². The van der Waals surface area contributed by atoms with Gasteiger partial charge >= 0.3 is 15.2 Å². The summed E-state index contributed by atoms with van der Waals surface area (Å²) in [4.78, 5) is 36.4. The molecule has 1 aliphatic heterocycles. The molecule has 5 fully saturated rings. The number of nitrogens with one attached hydrogen (secondary N) is 1. The zero-order valence-electron chi connectivity index (χ0n) is 21.6. The molecular weight excluding hydrogens is 608 g/mol. The summed E-state index contributed by atoms with van der Waals surface area (Å²) in [5.41, 5.74) is -2.88. The Kier molecular flexibility index (Phi) is 7.37. The van der Waals surface area contributed by atoms with E-state index in [1.54, 1.807) is 0 Å². The average molecular weight is 640 g/mol. The predicted octanol–water partition coefficient (Wildman–Crippen LogP) is 0.150. The number of hydrogen-bond acceptors (Lipinski definition) is 12. The molecule has 10 atom stereocenters. The van der Waals surface area contributed by atoms with Crippen LogP contribution in [0.25, 0.3) is 11.0 Å². The van der Waals surface area contributed by atoms with E-state index in [9.17, 15) is 34.4 Å². The molecule has 3 heterocycles. The third kappa shape index (κ3) is 5.47. The SMILES string of the molecule is O=P(O)(O)CP(=O)(O)OC[C@H]1O[C@@H](n2ncc3c(NC4C5CC6C[C@@H]4CC(O)(C6)C5)nc(Cl)nc32)[C@H](O)[C@@]1(O)CO. The second kappa shape index (κ2) is 10.1. The van der Waals surface area contributed by atoms with Gasteiger partial charge < -0.3 is 49.7 Å². The van der Waals surface area contributed by atoms with E-state index >= 15 is 0 Å². The normalized spacial score (nSPS) is 39.9. The highest BCUT2D eigenvalue weighted by atomic mass is 35.5. The minimum Gasteiger partial charge on any atom is -0.393 e. The Labute approximate surface area is 238 Å². The van der Waals surface area contributed by atoms with E-state index in [1.807, 2.05) is 0 Å². The van der Waals surface area contributed by atoms with Crippen LogP contribution in [0.4, 0.5) is 5.82 Å². The molecule has 4 bridgehead atoms. The molecule has 41 heavy (non-hydrogen) atoms. The maximum absolute atomic E-state index is 12.1. The van der Waals surface area contributed by atoms with Crippen LogP contribution >= 0.6 is 26.8 Å². The number of rotatable bonds is 9. The summed E-state index contributed by atoms with van der Waals surface area (Å²) in [7, 11) is -9.73. The van der Waals surface area contributed by atoms with Crippen LogP contribution in [0, 0.1) is 17.8 Å². The van der Waals surface area contributed by atoms with Crippen molar-refractivity contribution in [3.8, 4) is 0 Å². The molecule has 1 saturated heterocycles. The van der Waals surface area contributed by atoms with Gasteiger partial charge in [0.05, 0.1) is 30.4 Å². The van der Waals surface area contributed by atoms with Gasteiger partial charge in [-0.3, -0.25) is 9.13 Å². The van der Waals surface area contributed by atoms with Crippen LogP contribution < -0.4 is 5.32 Å². The Morgan fingerprint density at radius 3 is 2.44 bits per heavy atom. The molecule has 4 saturated carbocycles. The van der Waals surface area contributed by atoms with Crippen molar-refractivity contribution in [1.29, 1.82) is 0 Å². The molecule has 0 radical (unpaired) electrons. The number of hydrogen-bond donors (Lipinski definition) is 8. The van der Waals surface area contributed by atoms with Gasteiger partial charge in [-0.2, -0.15) is 15.1 Å². The molecule has 5 aliphatic rings. The molecule has 8 N–H and O–H groups in total. The van der Waals surface area contributed by atoms with Crippen LogP contribution in [0.5, 0.6) is 0 Å². The second-order valence-corrected chi connectivity index (χ2v) is 16.2. The fraction of sp³-hybridized carbons (Fsp3) is 0.773. The lowest BCUT2D eigenvalue weighted by molar-refractivity contribution is -0.129. The molecule has 5 unspecified atom stereocenters. The quantitative estimate of drug-likeness (QED) is 0.134. The van der Waals surface area contributed by atoms with E-state index in [4.69, 9.17) is 30.6 Å². The maximum Gasteiger partial charge on any atom is 0.340 e. The van der Waals surface area contributed by atoms with E-state index in [0.717, 1.165) is 23.9 Å². The van der Waals surface area contributed by atoms with Crippen LogP contribution in [-0.2, 0) is 18.4 Å². The number of aromatic nitrogens is 4. The highest BCUT2D eigenvalue weighted by molar-refractivity contribution is 7.70. The minimum absolute atomic E-state index is 0.0565. The van der Waals surface area contributed by atoms with E-state index in [2.05, 4.69) is 20.4 Å². The number of fused-ring (bicyclic) bond motifs is 1. The first-order valence-corrected chi connectivity index (χ1v) is 17.1. The van der Waals surface area contributed by atoms with Gasteiger partial charge in [0.15, 0.2) is 17.8 Å². The van der Waals surface area contributed by atoms with Crippen molar-refractivity contribution >= 4 is 43.6 Å². The Morgan fingerprint density at radius 2 is 1.83 bits per heavy atom. The van der Waals surface area contributed by atoms with Crippen LogP contribution in [0.15, 0.2) is 6.20 Å². The van der Waals surface area contributed by atoms with Crippen molar-refractivity contribution in [3.05, 3.63) is 11.5 Å². The highest BCUT2D eigenvalue weighted by Gasteiger charge is 2.57. The fourth-order valence-corrected chi connectivity index (χ4v) is 10.1. The van der Waals surface area contributed by atoms with Gasteiger partial charge in [0.2, 0.25) is 5.28 Å². The van der Waals surface area contributed by atoms with Gasteiger partial charge in [-0.25, -0.2) is 4.68 Å². The molecule has 19 heteroatoms. The summed E-state index contributed by atoms with van der Waals surface area (Å²) in [6, 6.07) is 0.0565. The highest BCUT2D eigenvalue weighted by Crippen LogP contribution is 2.57. The van der Waals surface area contributed by atoms with E-state index in [0.29, 0.717) is 30.0 Å². The van der Waals surface area contributed by atoms with Gasteiger partial charge in [-0.15, -0.1) is 0 Å². The minimum atomic E-state index is -4.91. The van der Waals surface area contributed by atoms with Crippen molar-refractivity contribution in [1.82, 2.24) is 19.7 Å². The summed E-state index contributed by atoms with van der Waals surface area (Å²) in [5, 5.41) is 50.9. The molecule has 0 amide bonds. The molecular formula is C22H32ClN5O11P2. The lowest BCUT2D eigenvalue weighted by atomic mass is 9.52. The molecule has 0 aromatic carbocycles. The lowest BCUT2D eigenvalue weighted by Crippen LogP contribution is -2.59. The van der Waals surface area contributed by atoms with E-state index < -0.39 is 63.9 Å². The summed E-state index contributed by atoms with van der Waals surface area (Å²) in [6.07, 6.45) is 0.814. The van der Waals surface area contributed by atoms with Gasteiger partial charge in [-0.05, 0) is 61.5 Å². The van der Waals surface area contributed by atoms with Gasteiger partial charge in [0.1, 0.15) is 23.6 Å². The van der Waals surface area contributed by atoms with Gasteiger partial charge in [0.25, 0.3) is 0 Å². The number of nitrogens with zero attached hydrogens (tertiary/aromatic N) is 4. The first-order valence-electron chi connectivity index (χ1n) is 13.2. The molecule has 228 valence electrons. The summed E-state index contributed by atoms with van der Waals surface area (Å²) in [5.74, 6) is -0.0309. The summed E-state index contributed by atoms with van der Waals surface area (Å²) in [6.45, 7) is -1.94. The van der Waals surface area contributed by atoms with Crippen molar-refractivity contribution in [2.75, 3.05) is 24.4 Å². The number of aliphatic hydroxyl groups is 4. The van der Waals surface area contributed by atoms with Crippen LogP contribution in [-0.4, -0.2) is 103 Å². The average Bonchev–Trinajstić information content (AvgIpc) is 3.36. The number of halogens is 1. The molecule has 7 rings (SSSR count). The van der Waals surface area contributed by atoms with E-state index in [-0.39, 0.29) is 28.8 Å². The smallest absolute Gasteiger partial charge is 0.340 e. The predicted molar refractivity (Wildman–Crippen MR) is 141 cm³/mol. The Balaban J connectivity index is 1.25. The number of aliphatic hydroxyl groups excluding tert-OH is 2. The molecule has 2 aromatic rings. The maximum atomic E-state index is 12.1. The Bertz CT molecular complexity index is 1430. The van der Waals surface area contributed by atoms with Crippen molar-refractivity contribution in [2.24, 2.45) is 17.8 Å². The van der Waals surface area contributed by atoms with Crippen LogP contribution in [0.2, 0.25) is 5.28 Å². The summed E-state index contributed by atoms with van der Waals surface area (Å²) < 4.78 is 34.9. The lowest BCUT2D eigenvalue weighted by Gasteiger charge is -2.58. The molecule has 4 aliphatic carbocycles. The fourth-order valence-electron chi connectivity index (χ4n) is 7.40. The topological polar surface area (TPSA) is 250 Å². The Hall–Kier alpha value is -1.26. The van der Waals surface area contributed by atoms with Gasteiger partial charge in [-0.1, -0.05) is 0 Å². The second-order valence-electron chi connectivity index (χ2n) is 11.9. The first kappa shape index (κ1) is 29.8. The zero-order chi connectivity index (χ0) is 29.5. The van der Waals surface area contributed by atoms with Crippen LogP contribution in [0.1, 0.15) is 38.3 Å². The summed E-state index contributed by atoms with van der Waals surface area (Å²) >= 11 is 6.27. The van der Waals surface area contributed by atoms with Gasteiger partial charge in [0, 0.05) is 6.04 Å². The van der Waals surface area contributed by atoms with Crippen molar-refractivity contribution in [2.45, 2.75) is 67.8 Å². The molecule has 16 nitrogen and oxygen atoms in total. The monoisotopic (exact) mass is 639 g/mol.